The number of nitrogens with zero attached hydrogens (tertiary/aromatic N) is 3. The summed E-state index contributed by atoms with van der Waals surface area (Å²) in [5.74, 6) is -0.458. The van der Waals surface area contributed by atoms with E-state index in [-0.39, 0.29) is 21.3 Å². The van der Waals surface area contributed by atoms with Crippen molar-refractivity contribution in [3.63, 3.8) is 0 Å². The van der Waals surface area contributed by atoms with E-state index < -0.39 is 24.1 Å². The monoisotopic (exact) mass is 471 g/mol. The normalized spacial score (nSPS) is 18.8. The van der Waals surface area contributed by atoms with E-state index in [0.717, 1.165) is 12.1 Å². The van der Waals surface area contributed by atoms with Gasteiger partial charge in [-0.25, -0.2) is 0 Å². The van der Waals surface area contributed by atoms with Crippen LogP contribution in [-0.2, 0) is 10.4 Å². The van der Waals surface area contributed by atoms with Crippen molar-refractivity contribution in [2.24, 2.45) is 10.1 Å². The minimum absolute atomic E-state index is 0.0557. The molecule has 1 unspecified atom stereocenters. The van der Waals surface area contributed by atoms with Crippen LogP contribution in [0.3, 0.4) is 0 Å². The molecule has 0 saturated heterocycles. The fraction of sp³-hybridized carbons (Fsp3) is 0.286. The second-order valence-electron chi connectivity index (χ2n) is 7.33. The molecule has 3 rings (SSSR count). The summed E-state index contributed by atoms with van der Waals surface area (Å²) in [6, 6.07) is 8.27. The zero-order chi connectivity index (χ0) is 23.0. The van der Waals surface area contributed by atoms with Crippen LogP contribution in [0, 0.1) is 6.92 Å². The van der Waals surface area contributed by atoms with Crippen molar-refractivity contribution in [2.75, 3.05) is 14.1 Å². The topological polar surface area (TPSA) is 54.3 Å². The molecule has 2 aromatic rings. The zero-order valence-corrected chi connectivity index (χ0v) is 18.3. The predicted octanol–water partition coefficient (Wildman–Crippen LogP) is 5.61. The molecule has 0 bridgehead atoms. The van der Waals surface area contributed by atoms with E-state index in [2.05, 4.69) is 10.1 Å². The van der Waals surface area contributed by atoms with Gasteiger partial charge in [-0.15, -0.1) is 0 Å². The van der Waals surface area contributed by atoms with E-state index in [1.807, 2.05) is 0 Å². The number of aryl methyl sites for hydroxylation is 1. The quantitative estimate of drug-likeness (QED) is 0.429. The number of carbonyl (C=O) groups is 1. The minimum Gasteiger partial charge on any atom is -0.374 e. The molecule has 1 aliphatic rings. The Kier molecular flexibility index (Phi) is 6.34. The number of hydrogen-bond donors (Lipinski definition) is 0. The molecule has 0 fully saturated rings. The molecule has 0 saturated carbocycles. The fourth-order valence-electron chi connectivity index (χ4n) is 3.17. The largest absolute Gasteiger partial charge is 0.435 e. The average Bonchev–Trinajstić information content (AvgIpc) is 3.12. The molecular weight excluding hydrogens is 454 g/mol. The maximum Gasteiger partial charge on any atom is 0.435 e. The van der Waals surface area contributed by atoms with E-state index in [9.17, 15) is 18.0 Å². The third-order valence-electron chi connectivity index (χ3n) is 4.71. The smallest absolute Gasteiger partial charge is 0.374 e. The third-order valence-corrected chi connectivity index (χ3v) is 5.15. The van der Waals surface area contributed by atoms with Crippen LogP contribution in [0.5, 0.6) is 0 Å². The number of alkyl halides is 3. The van der Waals surface area contributed by atoms with Gasteiger partial charge in [0.25, 0.3) is 11.5 Å². The van der Waals surface area contributed by atoms with Crippen molar-refractivity contribution >= 4 is 41.2 Å². The maximum absolute atomic E-state index is 14.1. The van der Waals surface area contributed by atoms with E-state index in [1.165, 1.54) is 24.5 Å². The fourth-order valence-corrected chi connectivity index (χ4v) is 3.69. The molecular formula is C21H18Cl2F3N3O2. The summed E-state index contributed by atoms with van der Waals surface area (Å²) in [6.07, 6.45) is -3.98. The second kappa shape index (κ2) is 8.51. The van der Waals surface area contributed by atoms with E-state index in [0.29, 0.717) is 16.7 Å². The molecule has 2 aromatic carbocycles. The Hall–Kier alpha value is -2.58. The first-order chi connectivity index (χ1) is 14.4. The van der Waals surface area contributed by atoms with Gasteiger partial charge < -0.3 is 9.74 Å². The highest BCUT2D eigenvalue weighted by Gasteiger charge is 2.62. The molecule has 0 aliphatic carbocycles. The number of hydrogen-bond acceptors (Lipinski definition) is 3. The summed E-state index contributed by atoms with van der Waals surface area (Å²) in [7, 11) is 3.45. The van der Waals surface area contributed by atoms with Gasteiger partial charge in [-0.2, -0.15) is 18.2 Å². The Bertz CT molecular complexity index is 1060. The lowest BCUT2D eigenvalue weighted by Crippen LogP contribution is -2.42. The Morgan fingerprint density at radius 1 is 1.19 bits per heavy atom. The number of halogens is 5. The molecule has 10 heteroatoms. The van der Waals surface area contributed by atoms with Crippen LogP contribution in [0.25, 0.3) is 0 Å². The highest BCUT2D eigenvalue weighted by molar-refractivity contribution is 6.34. The van der Waals surface area contributed by atoms with Gasteiger partial charge in [0, 0.05) is 41.7 Å². The highest BCUT2D eigenvalue weighted by atomic mass is 35.5. The highest BCUT2D eigenvalue weighted by Crippen LogP contribution is 2.49. The van der Waals surface area contributed by atoms with Gasteiger partial charge in [0.05, 0.1) is 12.1 Å². The minimum atomic E-state index is -4.78. The van der Waals surface area contributed by atoms with Crippen LogP contribution >= 0.6 is 23.2 Å². The van der Waals surface area contributed by atoms with E-state index in [4.69, 9.17) is 28.0 Å². The first kappa shape index (κ1) is 23.1. The van der Waals surface area contributed by atoms with Crippen LogP contribution < -0.4 is 0 Å². The Morgan fingerprint density at radius 2 is 1.84 bits per heavy atom. The van der Waals surface area contributed by atoms with Crippen LogP contribution in [0.1, 0.15) is 33.5 Å². The first-order valence-electron chi connectivity index (χ1n) is 9.07. The molecule has 1 amide bonds. The molecule has 0 spiro atoms. The number of benzene rings is 2. The molecule has 1 atom stereocenters. The average molecular weight is 472 g/mol. The van der Waals surface area contributed by atoms with Crippen molar-refractivity contribution in [1.82, 2.24) is 4.90 Å². The van der Waals surface area contributed by atoms with Gasteiger partial charge >= 0.3 is 6.18 Å². The molecule has 0 aromatic heterocycles. The Labute approximate surface area is 187 Å². The van der Waals surface area contributed by atoms with E-state index >= 15 is 0 Å². The molecule has 1 aliphatic heterocycles. The lowest BCUT2D eigenvalue weighted by atomic mass is 9.86. The van der Waals surface area contributed by atoms with Crippen LogP contribution in [0.15, 0.2) is 46.5 Å². The number of rotatable bonds is 4. The zero-order valence-electron chi connectivity index (χ0n) is 16.8. The SMILES string of the molecule is Cc1cc(C2=NOC(c3cc(Cl)cc(Cl)c3)(C(F)(F)F)C2)ccc1C(=O)/N=C/N(C)C. The van der Waals surface area contributed by atoms with Gasteiger partial charge in [-0.1, -0.05) is 34.4 Å². The van der Waals surface area contributed by atoms with Gasteiger partial charge in [-0.05, 0) is 48.4 Å². The van der Waals surface area contributed by atoms with Crippen LogP contribution in [0.4, 0.5) is 13.2 Å². The Balaban J connectivity index is 1.94. The van der Waals surface area contributed by atoms with Gasteiger partial charge in [0.1, 0.15) is 0 Å². The summed E-state index contributed by atoms with van der Waals surface area (Å²) in [5.41, 5.74) is -1.56. The number of amides is 1. The van der Waals surface area contributed by atoms with Gasteiger partial charge in [0.15, 0.2) is 0 Å². The van der Waals surface area contributed by atoms with Gasteiger partial charge in [0.2, 0.25) is 0 Å². The molecule has 0 N–H and O–H groups in total. The van der Waals surface area contributed by atoms with Crippen molar-refractivity contribution < 1.29 is 22.8 Å². The van der Waals surface area contributed by atoms with Crippen molar-refractivity contribution in [3.8, 4) is 0 Å². The molecule has 0 radical (unpaired) electrons. The van der Waals surface area contributed by atoms with Crippen molar-refractivity contribution in [3.05, 3.63) is 68.7 Å². The molecule has 31 heavy (non-hydrogen) atoms. The Morgan fingerprint density at radius 3 is 2.39 bits per heavy atom. The maximum atomic E-state index is 14.1. The number of oxime groups is 1. The van der Waals surface area contributed by atoms with Crippen molar-refractivity contribution in [1.29, 1.82) is 0 Å². The standard InChI is InChI=1S/C21H18Cl2F3N3O2/c1-12-6-13(4-5-17(12)19(30)27-11-29(2)3)18-10-20(31-28-18,21(24,25)26)14-7-15(22)9-16(23)8-14/h4-9,11H,10H2,1-3H3/b27-11+. The molecule has 164 valence electrons. The lowest BCUT2D eigenvalue weighted by molar-refractivity contribution is -0.275. The van der Waals surface area contributed by atoms with Crippen LogP contribution in [0.2, 0.25) is 10.0 Å². The summed E-state index contributed by atoms with van der Waals surface area (Å²) >= 11 is 11.8. The lowest BCUT2D eigenvalue weighted by Gasteiger charge is -2.29. The summed E-state index contributed by atoms with van der Waals surface area (Å²) in [5, 5.41) is 3.84. The summed E-state index contributed by atoms with van der Waals surface area (Å²) in [6.45, 7) is 1.67. The first-order valence-corrected chi connectivity index (χ1v) is 9.83. The molecule has 5 nitrogen and oxygen atoms in total. The summed E-state index contributed by atoms with van der Waals surface area (Å²) < 4.78 is 42.3. The van der Waals surface area contributed by atoms with Crippen molar-refractivity contribution in [2.45, 2.75) is 25.1 Å². The van der Waals surface area contributed by atoms with Crippen LogP contribution in [-0.4, -0.2) is 43.1 Å². The number of carbonyl (C=O) groups excluding carboxylic acids is 1. The predicted molar refractivity (Wildman–Crippen MR) is 114 cm³/mol. The third kappa shape index (κ3) is 4.70. The summed E-state index contributed by atoms with van der Waals surface area (Å²) in [4.78, 5) is 22.7. The van der Waals surface area contributed by atoms with Gasteiger partial charge in [-0.3, -0.25) is 4.79 Å². The van der Waals surface area contributed by atoms with E-state index in [1.54, 1.807) is 32.0 Å². The molecule has 1 heterocycles. The number of aliphatic imine (C=N–C) groups is 1. The second-order valence-corrected chi connectivity index (χ2v) is 8.20.